The van der Waals surface area contributed by atoms with Crippen LogP contribution in [-0.2, 0) is 21.4 Å². The molecule has 1 heterocycles. The van der Waals surface area contributed by atoms with Gasteiger partial charge in [0.25, 0.3) is 0 Å². The van der Waals surface area contributed by atoms with Gasteiger partial charge in [-0.05, 0) is 74.2 Å². The van der Waals surface area contributed by atoms with Crippen LogP contribution in [0, 0.1) is 12.7 Å². The SMILES string of the molecule is Cc1ccc(F)cc1COc1ccc(S(=O)(=O)N2CCCC(C)(O)C2C(=O)O)cc1. The second kappa shape index (κ2) is 8.33. The van der Waals surface area contributed by atoms with Crippen molar-refractivity contribution in [1.29, 1.82) is 0 Å². The molecule has 0 aliphatic carbocycles. The highest BCUT2D eigenvalue weighted by molar-refractivity contribution is 7.89. The van der Waals surface area contributed by atoms with Gasteiger partial charge < -0.3 is 14.9 Å². The number of rotatable bonds is 6. The van der Waals surface area contributed by atoms with Gasteiger partial charge in [-0.15, -0.1) is 0 Å². The summed E-state index contributed by atoms with van der Waals surface area (Å²) in [4.78, 5) is 11.6. The van der Waals surface area contributed by atoms with Gasteiger partial charge in [0.1, 0.15) is 18.2 Å². The molecule has 0 spiro atoms. The molecule has 0 radical (unpaired) electrons. The van der Waals surface area contributed by atoms with E-state index in [9.17, 15) is 27.8 Å². The first kappa shape index (κ1) is 22.2. The standard InChI is InChI=1S/C21H24FNO6S/c1-14-4-5-16(22)12-15(14)13-29-17-6-8-18(9-7-17)30(27,28)23-11-3-10-21(2,26)19(23)20(24)25/h4-9,12,19,26H,3,10-11,13H2,1-2H3,(H,24,25). The van der Waals surface area contributed by atoms with Gasteiger partial charge in [-0.25, -0.2) is 12.8 Å². The quantitative estimate of drug-likeness (QED) is 0.720. The van der Waals surface area contributed by atoms with Crippen molar-refractivity contribution in [3.63, 3.8) is 0 Å². The van der Waals surface area contributed by atoms with Crippen LogP contribution in [0.15, 0.2) is 47.4 Å². The number of ether oxygens (including phenoxy) is 1. The second-order valence-electron chi connectivity index (χ2n) is 7.65. The molecule has 1 aliphatic heterocycles. The number of nitrogens with zero attached hydrogens (tertiary/aromatic N) is 1. The molecule has 0 bridgehead atoms. The average Bonchev–Trinajstić information content (AvgIpc) is 2.67. The molecule has 1 fully saturated rings. The Bertz CT molecular complexity index is 1040. The van der Waals surface area contributed by atoms with Gasteiger partial charge in [0, 0.05) is 6.54 Å². The normalized spacial score (nSPS) is 22.6. The molecule has 2 aromatic carbocycles. The van der Waals surface area contributed by atoms with E-state index in [1.54, 1.807) is 6.07 Å². The number of benzene rings is 2. The van der Waals surface area contributed by atoms with Crippen LogP contribution >= 0.6 is 0 Å². The van der Waals surface area contributed by atoms with Gasteiger partial charge in [-0.3, -0.25) is 4.79 Å². The van der Waals surface area contributed by atoms with Crippen molar-refractivity contribution in [3.8, 4) is 5.75 Å². The monoisotopic (exact) mass is 437 g/mol. The van der Waals surface area contributed by atoms with Crippen LogP contribution in [-0.4, -0.2) is 47.1 Å². The van der Waals surface area contributed by atoms with Crippen molar-refractivity contribution >= 4 is 16.0 Å². The molecule has 30 heavy (non-hydrogen) atoms. The highest BCUT2D eigenvalue weighted by Gasteiger charge is 2.49. The number of aryl methyl sites for hydroxylation is 1. The molecule has 2 N–H and O–H groups in total. The summed E-state index contributed by atoms with van der Waals surface area (Å²) in [7, 11) is -4.14. The van der Waals surface area contributed by atoms with Gasteiger partial charge in [0.2, 0.25) is 10.0 Å². The van der Waals surface area contributed by atoms with E-state index < -0.39 is 27.6 Å². The number of aliphatic hydroxyl groups is 1. The second-order valence-corrected chi connectivity index (χ2v) is 9.54. The number of carboxylic acids is 1. The fourth-order valence-electron chi connectivity index (χ4n) is 3.62. The maximum absolute atomic E-state index is 13.4. The summed E-state index contributed by atoms with van der Waals surface area (Å²) >= 11 is 0. The van der Waals surface area contributed by atoms with Crippen LogP contribution in [0.1, 0.15) is 30.9 Å². The lowest BCUT2D eigenvalue weighted by molar-refractivity contribution is -0.153. The Morgan fingerprint density at radius 3 is 2.57 bits per heavy atom. The van der Waals surface area contributed by atoms with E-state index in [0.29, 0.717) is 17.7 Å². The number of sulfonamides is 1. The van der Waals surface area contributed by atoms with Gasteiger partial charge >= 0.3 is 5.97 Å². The first-order valence-corrected chi connectivity index (χ1v) is 10.9. The number of hydrogen-bond acceptors (Lipinski definition) is 5. The molecule has 3 rings (SSSR count). The Hall–Kier alpha value is -2.49. The number of carbonyl (C=O) groups is 1. The Kier molecular flexibility index (Phi) is 6.16. The van der Waals surface area contributed by atoms with E-state index in [0.717, 1.165) is 9.87 Å². The van der Waals surface area contributed by atoms with Crippen molar-refractivity contribution in [2.75, 3.05) is 6.54 Å². The minimum atomic E-state index is -4.14. The zero-order valence-electron chi connectivity index (χ0n) is 16.7. The van der Waals surface area contributed by atoms with E-state index in [-0.39, 0.29) is 30.3 Å². The summed E-state index contributed by atoms with van der Waals surface area (Å²) in [5.41, 5.74) is -0.123. The van der Waals surface area contributed by atoms with Crippen molar-refractivity contribution in [2.45, 2.75) is 49.8 Å². The Balaban J connectivity index is 1.79. The van der Waals surface area contributed by atoms with Gasteiger partial charge in [0.05, 0.1) is 10.5 Å². The number of piperidine rings is 1. The summed E-state index contributed by atoms with van der Waals surface area (Å²) in [6, 6.07) is 8.39. The molecular weight excluding hydrogens is 413 g/mol. The predicted molar refractivity (Wildman–Crippen MR) is 107 cm³/mol. The van der Waals surface area contributed by atoms with Gasteiger partial charge in [0.15, 0.2) is 6.04 Å². The molecule has 0 amide bonds. The summed E-state index contributed by atoms with van der Waals surface area (Å²) in [6.07, 6.45) is 0.548. The van der Waals surface area contributed by atoms with Crippen molar-refractivity contribution < 1.29 is 32.6 Å². The summed E-state index contributed by atoms with van der Waals surface area (Å²) in [6.45, 7) is 3.29. The summed E-state index contributed by atoms with van der Waals surface area (Å²) in [5.74, 6) is -1.38. The van der Waals surface area contributed by atoms with Crippen LogP contribution in [0.4, 0.5) is 4.39 Å². The van der Waals surface area contributed by atoms with Crippen LogP contribution in [0.3, 0.4) is 0 Å². The third-order valence-electron chi connectivity index (χ3n) is 5.31. The summed E-state index contributed by atoms with van der Waals surface area (Å²) in [5, 5.41) is 19.9. The van der Waals surface area contributed by atoms with Crippen LogP contribution in [0.25, 0.3) is 0 Å². The lowest BCUT2D eigenvalue weighted by atomic mass is 9.88. The van der Waals surface area contributed by atoms with Crippen LogP contribution < -0.4 is 4.74 Å². The Labute approximate surface area is 174 Å². The van der Waals surface area contributed by atoms with E-state index in [1.807, 2.05) is 6.92 Å². The number of carboxylic acid groups (broad SMARTS) is 1. The smallest absolute Gasteiger partial charge is 0.325 e. The topological polar surface area (TPSA) is 104 Å². The van der Waals surface area contributed by atoms with E-state index in [2.05, 4.69) is 0 Å². The van der Waals surface area contributed by atoms with Crippen molar-refractivity contribution in [2.24, 2.45) is 0 Å². The zero-order valence-corrected chi connectivity index (χ0v) is 17.5. The molecule has 2 atom stereocenters. The minimum absolute atomic E-state index is 0.00650. The lowest BCUT2D eigenvalue weighted by Crippen LogP contribution is -2.60. The largest absolute Gasteiger partial charge is 0.489 e. The molecule has 7 nitrogen and oxygen atoms in total. The fraction of sp³-hybridized carbons (Fsp3) is 0.381. The van der Waals surface area contributed by atoms with E-state index in [4.69, 9.17) is 4.74 Å². The van der Waals surface area contributed by atoms with Crippen molar-refractivity contribution in [1.82, 2.24) is 4.31 Å². The maximum atomic E-state index is 13.4. The molecule has 1 aliphatic rings. The highest BCUT2D eigenvalue weighted by atomic mass is 32.2. The van der Waals surface area contributed by atoms with E-state index in [1.165, 1.54) is 43.3 Å². The molecule has 162 valence electrons. The minimum Gasteiger partial charge on any atom is -0.489 e. The lowest BCUT2D eigenvalue weighted by Gasteiger charge is -2.41. The zero-order chi connectivity index (χ0) is 22.1. The Morgan fingerprint density at radius 2 is 1.93 bits per heavy atom. The molecule has 2 unspecified atom stereocenters. The first-order valence-electron chi connectivity index (χ1n) is 9.47. The average molecular weight is 437 g/mol. The predicted octanol–water partition coefficient (Wildman–Crippen LogP) is 2.70. The molecule has 0 aromatic heterocycles. The van der Waals surface area contributed by atoms with Crippen LogP contribution in [0.2, 0.25) is 0 Å². The van der Waals surface area contributed by atoms with Crippen molar-refractivity contribution in [3.05, 3.63) is 59.4 Å². The Morgan fingerprint density at radius 1 is 1.27 bits per heavy atom. The number of hydrogen-bond donors (Lipinski definition) is 2. The summed E-state index contributed by atoms with van der Waals surface area (Å²) < 4.78 is 45.9. The van der Waals surface area contributed by atoms with Gasteiger partial charge in [-0.1, -0.05) is 6.07 Å². The van der Waals surface area contributed by atoms with Crippen LogP contribution in [0.5, 0.6) is 5.75 Å². The van der Waals surface area contributed by atoms with Gasteiger partial charge in [-0.2, -0.15) is 4.31 Å². The molecule has 2 aromatic rings. The first-order chi connectivity index (χ1) is 14.0. The molecule has 0 saturated carbocycles. The third-order valence-corrected chi connectivity index (χ3v) is 7.19. The number of halogens is 1. The molecule has 9 heteroatoms. The number of aliphatic carboxylic acids is 1. The van der Waals surface area contributed by atoms with E-state index >= 15 is 0 Å². The fourth-order valence-corrected chi connectivity index (χ4v) is 5.33. The highest BCUT2D eigenvalue weighted by Crippen LogP contribution is 2.32. The third kappa shape index (κ3) is 4.48. The maximum Gasteiger partial charge on any atom is 0.325 e. The molecular formula is C21H24FNO6S. The molecule has 1 saturated heterocycles.